The number of nitrogens with two attached hydrogens (primary N) is 1. The highest BCUT2D eigenvalue weighted by Crippen LogP contribution is 2.17. The van der Waals surface area contributed by atoms with Crippen LogP contribution in [0.5, 0.6) is 0 Å². The molecular weight excluding hydrogens is 291 g/mol. The van der Waals surface area contributed by atoms with Gasteiger partial charge in [-0.2, -0.15) is 0 Å². The van der Waals surface area contributed by atoms with Crippen LogP contribution in [0.3, 0.4) is 0 Å². The van der Waals surface area contributed by atoms with E-state index in [9.17, 15) is 12.8 Å². The fourth-order valence-electron chi connectivity index (χ4n) is 1.94. The van der Waals surface area contributed by atoms with Gasteiger partial charge in [0.15, 0.2) is 0 Å². The molecule has 0 amide bonds. The third kappa shape index (κ3) is 3.66. The minimum absolute atomic E-state index is 0.112. The van der Waals surface area contributed by atoms with Crippen LogP contribution in [0.15, 0.2) is 47.4 Å². The van der Waals surface area contributed by atoms with E-state index in [1.807, 2.05) is 31.2 Å². The first-order valence-electron chi connectivity index (χ1n) is 6.46. The van der Waals surface area contributed by atoms with Crippen LogP contribution in [0, 0.1) is 12.7 Å². The first-order valence-corrected chi connectivity index (χ1v) is 7.95. The molecule has 0 atom stereocenters. The topological polar surface area (TPSA) is 72.2 Å². The molecule has 3 N–H and O–H groups in total. The molecule has 6 heteroatoms. The van der Waals surface area contributed by atoms with Crippen LogP contribution < -0.4 is 10.5 Å². The fourth-order valence-corrected chi connectivity index (χ4v) is 3.07. The van der Waals surface area contributed by atoms with Gasteiger partial charge >= 0.3 is 0 Å². The molecule has 0 heterocycles. The molecule has 0 saturated heterocycles. The third-order valence-electron chi connectivity index (χ3n) is 3.23. The molecule has 21 heavy (non-hydrogen) atoms. The molecule has 0 aliphatic heterocycles. The average molecular weight is 308 g/mol. The van der Waals surface area contributed by atoms with Crippen LogP contribution in [0.25, 0.3) is 0 Å². The molecule has 0 fully saturated rings. The number of aryl methyl sites for hydroxylation is 1. The van der Waals surface area contributed by atoms with Crippen molar-refractivity contribution in [2.75, 3.05) is 0 Å². The number of benzene rings is 2. The molecule has 0 radical (unpaired) electrons. The number of sulfonamides is 1. The molecule has 4 nitrogen and oxygen atoms in total. The van der Waals surface area contributed by atoms with E-state index in [0.29, 0.717) is 5.56 Å². The molecule has 0 aliphatic rings. The molecule has 2 rings (SSSR count). The SMILES string of the molecule is Cc1ccccc1CNS(=O)(=O)c1cc(CN)ccc1F. The Bertz CT molecular complexity index is 745. The van der Waals surface area contributed by atoms with Crippen molar-refractivity contribution in [3.05, 3.63) is 65.0 Å². The number of hydrogen-bond acceptors (Lipinski definition) is 3. The van der Waals surface area contributed by atoms with Crippen molar-refractivity contribution in [1.29, 1.82) is 0 Å². The standard InChI is InChI=1S/C15H17FN2O2S/c1-11-4-2-3-5-13(11)10-18-21(19,20)15-8-12(9-17)6-7-14(15)16/h2-8,18H,9-10,17H2,1H3. The van der Waals surface area contributed by atoms with E-state index in [4.69, 9.17) is 5.73 Å². The van der Waals surface area contributed by atoms with E-state index < -0.39 is 15.8 Å². The molecule has 0 unspecified atom stereocenters. The zero-order chi connectivity index (χ0) is 15.5. The molecule has 112 valence electrons. The highest BCUT2D eigenvalue weighted by Gasteiger charge is 2.19. The lowest BCUT2D eigenvalue weighted by atomic mass is 10.1. The zero-order valence-electron chi connectivity index (χ0n) is 11.6. The second-order valence-corrected chi connectivity index (χ2v) is 6.46. The Morgan fingerprint density at radius 2 is 1.90 bits per heavy atom. The van der Waals surface area contributed by atoms with Crippen LogP contribution in [-0.2, 0) is 23.1 Å². The summed E-state index contributed by atoms with van der Waals surface area (Å²) >= 11 is 0. The van der Waals surface area contributed by atoms with E-state index in [1.165, 1.54) is 12.1 Å². The van der Waals surface area contributed by atoms with Crippen molar-refractivity contribution in [2.24, 2.45) is 5.73 Å². The highest BCUT2D eigenvalue weighted by atomic mass is 32.2. The summed E-state index contributed by atoms with van der Waals surface area (Å²) in [5.74, 6) is -0.788. The van der Waals surface area contributed by atoms with Crippen molar-refractivity contribution >= 4 is 10.0 Å². The maximum atomic E-state index is 13.7. The summed E-state index contributed by atoms with van der Waals surface area (Å²) in [6.45, 7) is 2.15. The van der Waals surface area contributed by atoms with Gasteiger partial charge in [-0.1, -0.05) is 30.3 Å². The second kappa shape index (κ2) is 6.34. The fraction of sp³-hybridized carbons (Fsp3) is 0.200. The minimum atomic E-state index is -3.92. The van der Waals surface area contributed by atoms with E-state index in [0.717, 1.165) is 17.2 Å². The molecule has 2 aromatic rings. The summed E-state index contributed by atoms with van der Waals surface area (Å²) < 4.78 is 40.6. The summed E-state index contributed by atoms with van der Waals surface area (Å²) in [4.78, 5) is -0.376. The second-order valence-electron chi connectivity index (χ2n) is 4.72. The monoisotopic (exact) mass is 308 g/mol. The van der Waals surface area contributed by atoms with Gasteiger partial charge in [-0.15, -0.1) is 0 Å². The summed E-state index contributed by atoms with van der Waals surface area (Å²) in [5, 5.41) is 0. The zero-order valence-corrected chi connectivity index (χ0v) is 12.5. The maximum absolute atomic E-state index is 13.7. The van der Waals surface area contributed by atoms with E-state index >= 15 is 0 Å². The molecule has 2 aromatic carbocycles. The Morgan fingerprint density at radius 1 is 1.19 bits per heavy atom. The lowest BCUT2D eigenvalue weighted by Crippen LogP contribution is -2.24. The van der Waals surface area contributed by atoms with Gasteiger partial charge in [-0.3, -0.25) is 0 Å². The van der Waals surface area contributed by atoms with Crippen molar-refractivity contribution in [2.45, 2.75) is 24.9 Å². The van der Waals surface area contributed by atoms with Crippen LogP contribution in [0.4, 0.5) is 4.39 Å². The normalized spacial score (nSPS) is 11.6. The summed E-state index contributed by atoms with van der Waals surface area (Å²) in [5.41, 5.74) is 7.83. The third-order valence-corrected chi connectivity index (χ3v) is 4.65. The summed E-state index contributed by atoms with van der Waals surface area (Å²) in [7, 11) is -3.92. The molecule has 0 aromatic heterocycles. The average Bonchev–Trinajstić information content (AvgIpc) is 2.47. The molecule has 0 saturated carbocycles. The van der Waals surface area contributed by atoms with Crippen LogP contribution in [0.1, 0.15) is 16.7 Å². The lowest BCUT2D eigenvalue weighted by molar-refractivity contribution is 0.556. The Morgan fingerprint density at radius 3 is 2.57 bits per heavy atom. The van der Waals surface area contributed by atoms with Crippen molar-refractivity contribution < 1.29 is 12.8 Å². The smallest absolute Gasteiger partial charge is 0.243 e. The summed E-state index contributed by atoms with van der Waals surface area (Å²) in [6.07, 6.45) is 0. The minimum Gasteiger partial charge on any atom is -0.326 e. The van der Waals surface area contributed by atoms with Crippen LogP contribution >= 0.6 is 0 Å². The van der Waals surface area contributed by atoms with Crippen LogP contribution in [-0.4, -0.2) is 8.42 Å². The van der Waals surface area contributed by atoms with Gasteiger partial charge in [0.25, 0.3) is 0 Å². The lowest BCUT2D eigenvalue weighted by Gasteiger charge is -2.10. The van der Waals surface area contributed by atoms with Crippen molar-refractivity contribution in [3.63, 3.8) is 0 Å². The number of halogens is 1. The molecule has 0 bridgehead atoms. The van der Waals surface area contributed by atoms with Crippen molar-refractivity contribution in [3.8, 4) is 0 Å². The largest absolute Gasteiger partial charge is 0.326 e. The van der Waals surface area contributed by atoms with Crippen LogP contribution in [0.2, 0.25) is 0 Å². The van der Waals surface area contributed by atoms with Gasteiger partial charge in [0, 0.05) is 13.1 Å². The quantitative estimate of drug-likeness (QED) is 0.888. The predicted molar refractivity (Wildman–Crippen MR) is 79.5 cm³/mol. The number of rotatable bonds is 5. The van der Waals surface area contributed by atoms with Gasteiger partial charge < -0.3 is 5.73 Å². The van der Waals surface area contributed by atoms with Gasteiger partial charge in [0.1, 0.15) is 10.7 Å². The molecule has 0 aliphatic carbocycles. The van der Waals surface area contributed by atoms with Gasteiger partial charge in [0.2, 0.25) is 10.0 Å². The first kappa shape index (κ1) is 15.6. The van der Waals surface area contributed by atoms with Gasteiger partial charge in [-0.05, 0) is 35.7 Å². The summed E-state index contributed by atoms with van der Waals surface area (Å²) in [6, 6.07) is 11.3. The maximum Gasteiger partial charge on any atom is 0.243 e. The number of hydrogen-bond donors (Lipinski definition) is 2. The van der Waals surface area contributed by atoms with Gasteiger partial charge in [-0.25, -0.2) is 17.5 Å². The van der Waals surface area contributed by atoms with E-state index in [1.54, 1.807) is 0 Å². The predicted octanol–water partition coefficient (Wildman–Crippen LogP) is 2.07. The molecular formula is C15H17FN2O2S. The Balaban J connectivity index is 2.25. The number of nitrogens with one attached hydrogen (secondary N) is 1. The van der Waals surface area contributed by atoms with E-state index in [2.05, 4.69) is 4.72 Å². The van der Waals surface area contributed by atoms with Gasteiger partial charge in [0.05, 0.1) is 0 Å². The Kier molecular flexibility index (Phi) is 4.72. The Hall–Kier alpha value is -1.76. The van der Waals surface area contributed by atoms with Crippen molar-refractivity contribution in [1.82, 2.24) is 4.72 Å². The van der Waals surface area contributed by atoms with E-state index in [-0.39, 0.29) is 18.0 Å². The Labute approximate surface area is 123 Å². The first-order chi connectivity index (χ1) is 9.94. The highest BCUT2D eigenvalue weighted by molar-refractivity contribution is 7.89. The molecule has 0 spiro atoms.